The summed E-state index contributed by atoms with van der Waals surface area (Å²) < 4.78 is 5.28. The van der Waals surface area contributed by atoms with Crippen LogP contribution in [0.1, 0.15) is 53.4 Å². The molecule has 1 saturated carbocycles. The van der Waals surface area contributed by atoms with E-state index in [1.807, 2.05) is 0 Å². The highest BCUT2D eigenvalue weighted by Gasteiger charge is 2.29. The minimum Gasteiger partial charge on any atom is -0.444 e. The summed E-state index contributed by atoms with van der Waals surface area (Å²) in [4.78, 5) is 25.6. The van der Waals surface area contributed by atoms with Crippen molar-refractivity contribution in [3.63, 3.8) is 0 Å². The average Bonchev–Trinajstić information content (AvgIpc) is 2.44. The van der Waals surface area contributed by atoms with Crippen LogP contribution in [0.2, 0.25) is 0 Å². The first kappa shape index (κ1) is 18.3. The zero-order valence-corrected chi connectivity index (χ0v) is 14.3. The lowest BCUT2D eigenvalue weighted by Gasteiger charge is -2.31. The van der Waals surface area contributed by atoms with E-state index in [0.29, 0.717) is 0 Å². The van der Waals surface area contributed by atoms with Crippen LogP contribution in [0.15, 0.2) is 0 Å². The summed E-state index contributed by atoms with van der Waals surface area (Å²) in [7, 11) is 1.57. The van der Waals surface area contributed by atoms with Gasteiger partial charge in [-0.15, -0.1) is 12.3 Å². The highest BCUT2D eigenvalue weighted by atomic mass is 16.6. The van der Waals surface area contributed by atoms with E-state index in [2.05, 4.69) is 11.2 Å². The van der Waals surface area contributed by atoms with Gasteiger partial charge in [-0.3, -0.25) is 9.69 Å². The molecule has 5 nitrogen and oxygen atoms in total. The van der Waals surface area contributed by atoms with Crippen LogP contribution in [0.25, 0.3) is 0 Å². The van der Waals surface area contributed by atoms with Gasteiger partial charge in [-0.05, 0) is 47.0 Å². The van der Waals surface area contributed by atoms with Crippen molar-refractivity contribution in [3.8, 4) is 12.3 Å². The van der Waals surface area contributed by atoms with Gasteiger partial charge < -0.3 is 10.1 Å². The molecule has 2 amide bonds. The minimum absolute atomic E-state index is 0.0942. The summed E-state index contributed by atoms with van der Waals surface area (Å²) in [5.74, 6) is 2.83. The maximum Gasteiger partial charge on any atom is 0.410 e. The molecule has 124 valence electrons. The molecule has 1 fully saturated rings. The van der Waals surface area contributed by atoms with Gasteiger partial charge in [-0.2, -0.15) is 0 Å². The smallest absolute Gasteiger partial charge is 0.410 e. The van der Waals surface area contributed by atoms with Gasteiger partial charge in [0.05, 0.1) is 0 Å². The third kappa shape index (κ3) is 5.59. The van der Waals surface area contributed by atoms with Crippen LogP contribution in [0.3, 0.4) is 0 Å². The molecule has 22 heavy (non-hydrogen) atoms. The Bertz CT molecular complexity index is 448. The van der Waals surface area contributed by atoms with Crippen molar-refractivity contribution in [1.82, 2.24) is 10.2 Å². The highest BCUT2D eigenvalue weighted by molar-refractivity contribution is 5.85. The zero-order valence-electron chi connectivity index (χ0n) is 14.3. The number of carbonyl (C=O) groups is 2. The number of likely N-dealkylation sites (N-methyl/N-ethyl adjacent to an activating group) is 1. The quantitative estimate of drug-likeness (QED) is 0.815. The molecule has 0 saturated heterocycles. The Hall–Kier alpha value is -1.70. The first-order chi connectivity index (χ1) is 10.1. The van der Waals surface area contributed by atoms with Gasteiger partial charge >= 0.3 is 6.09 Å². The van der Waals surface area contributed by atoms with E-state index in [1.165, 1.54) is 4.90 Å². The number of nitrogens with one attached hydrogen (secondary N) is 1. The predicted molar refractivity (Wildman–Crippen MR) is 86.2 cm³/mol. The Kier molecular flexibility index (Phi) is 6.28. The summed E-state index contributed by atoms with van der Waals surface area (Å²) >= 11 is 0. The lowest BCUT2D eigenvalue weighted by Crippen LogP contribution is -2.50. The van der Waals surface area contributed by atoms with E-state index in [9.17, 15) is 9.59 Å². The number of terminal acetylenes is 1. The van der Waals surface area contributed by atoms with Crippen molar-refractivity contribution in [2.24, 2.45) is 5.92 Å². The molecular weight excluding hydrogens is 280 g/mol. The molecule has 0 unspecified atom stereocenters. The molecule has 0 aliphatic heterocycles. The van der Waals surface area contributed by atoms with Gasteiger partial charge in [-0.25, -0.2) is 4.79 Å². The summed E-state index contributed by atoms with van der Waals surface area (Å²) in [6.07, 6.45) is 8.77. The van der Waals surface area contributed by atoms with E-state index in [-0.39, 0.29) is 17.9 Å². The Morgan fingerprint density at radius 3 is 2.55 bits per heavy atom. The average molecular weight is 308 g/mol. The van der Waals surface area contributed by atoms with E-state index < -0.39 is 17.7 Å². The van der Waals surface area contributed by atoms with Crippen molar-refractivity contribution in [1.29, 1.82) is 0 Å². The van der Waals surface area contributed by atoms with Crippen LogP contribution < -0.4 is 5.32 Å². The minimum atomic E-state index is -0.582. The third-order valence-electron chi connectivity index (χ3n) is 3.90. The molecular formula is C17H28N2O3. The second-order valence-electron chi connectivity index (χ2n) is 7.00. The maximum atomic E-state index is 12.3. The largest absolute Gasteiger partial charge is 0.444 e. The van der Waals surface area contributed by atoms with Gasteiger partial charge in [0.2, 0.25) is 5.91 Å². The van der Waals surface area contributed by atoms with Gasteiger partial charge in [-0.1, -0.05) is 6.42 Å². The molecule has 5 heteroatoms. The number of carbonyl (C=O) groups excluding carboxylic acids is 2. The van der Waals surface area contributed by atoms with Crippen LogP contribution in [0.4, 0.5) is 4.79 Å². The molecule has 0 spiro atoms. The van der Waals surface area contributed by atoms with Gasteiger partial charge in [0.15, 0.2) is 0 Å². The first-order valence-electron chi connectivity index (χ1n) is 7.86. The van der Waals surface area contributed by atoms with Crippen molar-refractivity contribution < 1.29 is 14.3 Å². The van der Waals surface area contributed by atoms with Crippen LogP contribution in [0, 0.1) is 18.3 Å². The van der Waals surface area contributed by atoms with Crippen LogP contribution in [-0.2, 0) is 9.53 Å². The van der Waals surface area contributed by atoms with Gasteiger partial charge in [0, 0.05) is 19.0 Å². The fourth-order valence-corrected chi connectivity index (χ4v) is 2.46. The van der Waals surface area contributed by atoms with E-state index in [0.717, 1.165) is 25.7 Å². The number of hydrogen-bond acceptors (Lipinski definition) is 3. The van der Waals surface area contributed by atoms with Crippen LogP contribution in [0.5, 0.6) is 0 Å². The van der Waals surface area contributed by atoms with E-state index in [4.69, 9.17) is 11.2 Å². The second-order valence-corrected chi connectivity index (χ2v) is 7.00. The fourth-order valence-electron chi connectivity index (χ4n) is 2.46. The molecule has 0 bridgehead atoms. The Labute approximate surface area is 133 Å². The summed E-state index contributed by atoms with van der Waals surface area (Å²) in [5, 5.41) is 3.00. The van der Waals surface area contributed by atoms with E-state index in [1.54, 1.807) is 34.7 Å². The molecule has 3 atom stereocenters. The summed E-state index contributed by atoms with van der Waals surface area (Å²) in [6, 6.07) is -0.488. The lowest BCUT2D eigenvalue weighted by molar-refractivity contribution is -0.126. The number of hydrogen-bond donors (Lipinski definition) is 1. The summed E-state index contributed by atoms with van der Waals surface area (Å²) in [5.41, 5.74) is -0.578. The van der Waals surface area contributed by atoms with Crippen LogP contribution in [-0.4, -0.2) is 41.6 Å². The molecule has 1 aliphatic carbocycles. The Balaban J connectivity index is 2.54. The Morgan fingerprint density at radius 2 is 2.00 bits per heavy atom. The van der Waals surface area contributed by atoms with Crippen molar-refractivity contribution >= 4 is 12.0 Å². The molecule has 0 aromatic carbocycles. The highest BCUT2D eigenvalue weighted by Crippen LogP contribution is 2.23. The molecule has 1 aliphatic rings. The predicted octanol–water partition coefficient (Wildman–Crippen LogP) is 2.55. The van der Waals surface area contributed by atoms with Crippen molar-refractivity contribution in [2.45, 2.75) is 71.1 Å². The number of nitrogens with zero attached hydrogens (tertiary/aromatic N) is 1. The first-order valence-corrected chi connectivity index (χ1v) is 7.86. The van der Waals surface area contributed by atoms with Gasteiger partial charge in [0.1, 0.15) is 11.6 Å². The summed E-state index contributed by atoms with van der Waals surface area (Å²) in [6.45, 7) is 7.09. The lowest BCUT2D eigenvalue weighted by atomic mass is 9.86. The topological polar surface area (TPSA) is 58.6 Å². The zero-order chi connectivity index (χ0) is 16.9. The molecule has 1 rings (SSSR count). The van der Waals surface area contributed by atoms with Gasteiger partial charge in [0.25, 0.3) is 0 Å². The third-order valence-corrected chi connectivity index (χ3v) is 3.90. The van der Waals surface area contributed by atoms with E-state index >= 15 is 0 Å². The molecule has 0 heterocycles. The maximum absolute atomic E-state index is 12.3. The van der Waals surface area contributed by atoms with Crippen molar-refractivity contribution in [3.05, 3.63) is 0 Å². The number of ether oxygens (including phenoxy) is 1. The number of amides is 2. The Morgan fingerprint density at radius 1 is 1.36 bits per heavy atom. The standard InChI is InChI=1S/C17H28N2O3/c1-7-13-9-8-10-14(11-13)18-15(20)12(2)19(6)16(21)22-17(3,4)5/h1,12-14H,8-11H2,2-6H3,(H,18,20)/t12-,13+,14-/m0/s1. The fraction of sp³-hybridized carbons (Fsp3) is 0.765. The molecule has 0 radical (unpaired) electrons. The normalized spacial score (nSPS) is 23.1. The molecule has 1 N–H and O–H groups in total. The van der Waals surface area contributed by atoms with Crippen molar-refractivity contribution in [2.75, 3.05) is 7.05 Å². The molecule has 0 aromatic rings. The SMILES string of the molecule is C#C[C@@H]1CCC[C@H](NC(=O)[C@H](C)N(C)C(=O)OC(C)(C)C)C1. The monoisotopic (exact) mass is 308 g/mol. The molecule has 0 aromatic heterocycles. The number of rotatable bonds is 3. The second kappa shape index (κ2) is 7.53. The van der Waals surface area contributed by atoms with Crippen LogP contribution >= 0.6 is 0 Å².